The van der Waals surface area contributed by atoms with Gasteiger partial charge in [0.15, 0.2) is 5.13 Å². The van der Waals surface area contributed by atoms with Crippen LogP contribution in [0.4, 0.5) is 5.13 Å². The van der Waals surface area contributed by atoms with E-state index in [1.165, 1.54) is 11.3 Å². The molecule has 0 radical (unpaired) electrons. The van der Waals surface area contributed by atoms with Gasteiger partial charge in [0.2, 0.25) is 0 Å². The van der Waals surface area contributed by atoms with E-state index >= 15 is 0 Å². The molecule has 0 aromatic carbocycles. The third-order valence-electron chi connectivity index (χ3n) is 3.51. The first-order valence-corrected chi connectivity index (χ1v) is 6.60. The van der Waals surface area contributed by atoms with E-state index < -0.39 is 11.4 Å². The second kappa shape index (κ2) is 4.56. The van der Waals surface area contributed by atoms with Crippen molar-refractivity contribution >= 4 is 28.3 Å². The Balaban J connectivity index is 2.13. The zero-order valence-electron chi connectivity index (χ0n) is 10.0. The maximum absolute atomic E-state index is 12.1. The average molecular weight is 269 g/mol. The standard InChI is InChI=1S/C11H15N3O3S/c1-2-11(9(16)17)3-4-14(6-11)8(15)7-5-18-10(12)13-7/h5H,2-4,6H2,1H3,(H2,12,13)(H,16,17). The van der Waals surface area contributed by atoms with Crippen LogP contribution < -0.4 is 5.73 Å². The topological polar surface area (TPSA) is 96.5 Å². The number of nitrogens with zero attached hydrogens (tertiary/aromatic N) is 2. The van der Waals surface area contributed by atoms with E-state index in [1.54, 1.807) is 10.3 Å². The predicted molar refractivity (Wildman–Crippen MR) is 67.4 cm³/mol. The highest BCUT2D eigenvalue weighted by Crippen LogP contribution is 2.34. The number of hydrogen-bond donors (Lipinski definition) is 2. The maximum Gasteiger partial charge on any atom is 0.311 e. The van der Waals surface area contributed by atoms with Crippen molar-refractivity contribution in [2.24, 2.45) is 5.41 Å². The molecule has 1 aliphatic rings. The molecule has 1 aromatic heterocycles. The first kappa shape index (κ1) is 12.8. The Morgan fingerprint density at radius 2 is 2.39 bits per heavy atom. The van der Waals surface area contributed by atoms with Gasteiger partial charge in [0.25, 0.3) is 5.91 Å². The highest BCUT2D eigenvalue weighted by molar-refractivity contribution is 7.13. The van der Waals surface area contributed by atoms with Gasteiger partial charge in [0.1, 0.15) is 5.69 Å². The van der Waals surface area contributed by atoms with Crippen LogP contribution in [0.25, 0.3) is 0 Å². The van der Waals surface area contributed by atoms with Crippen LogP contribution in [0.2, 0.25) is 0 Å². The zero-order valence-corrected chi connectivity index (χ0v) is 10.9. The average Bonchev–Trinajstić information content (AvgIpc) is 2.95. The summed E-state index contributed by atoms with van der Waals surface area (Å²) in [5.74, 6) is -1.07. The minimum atomic E-state index is -0.835. The number of rotatable bonds is 3. The molecular weight excluding hydrogens is 254 g/mol. The van der Waals surface area contributed by atoms with E-state index in [0.717, 1.165) is 0 Å². The smallest absolute Gasteiger partial charge is 0.311 e. The quantitative estimate of drug-likeness (QED) is 0.855. The summed E-state index contributed by atoms with van der Waals surface area (Å²) in [6.45, 7) is 2.54. The van der Waals surface area contributed by atoms with Crippen LogP contribution in [0.1, 0.15) is 30.3 Å². The number of hydrogen-bond acceptors (Lipinski definition) is 5. The number of aromatic nitrogens is 1. The van der Waals surface area contributed by atoms with Crippen molar-refractivity contribution < 1.29 is 14.7 Å². The minimum Gasteiger partial charge on any atom is -0.481 e. The molecule has 0 bridgehead atoms. The summed E-state index contributed by atoms with van der Waals surface area (Å²) in [5.41, 5.74) is 4.98. The molecular formula is C11H15N3O3S. The van der Waals surface area contributed by atoms with Crippen molar-refractivity contribution in [3.05, 3.63) is 11.1 Å². The molecule has 2 heterocycles. The van der Waals surface area contributed by atoms with Crippen molar-refractivity contribution in [1.82, 2.24) is 9.88 Å². The number of likely N-dealkylation sites (tertiary alicyclic amines) is 1. The first-order valence-electron chi connectivity index (χ1n) is 5.72. The summed E-state index contributed by atoms with van der Waals surface area (Å²) in [7, 11) is 0. The number of thiazole rings is 1. The summed E-state index contributed by atoms with van der Waals surface area (Å²) in [6, 6.07) is 0. The normalized spacial score (nSPS) is 23.3. The van der Waals surface area contributed by atoms with Crippen LogP contribution in [0.15, 0.2) is 5.38 Å². The highest BCUT2D eigenvalue weighted by Gasteiger charge is 2.45. The molecule has 1 aromatic rings. The summed E-state index contributed by atoms with van der Waals surface area (Å²) in [5, 5.41) is 11.2. The van der Waals surface area contributed by atoms with Gasteiger partial charge in [-0.1, -0.05) is 6.92 Å². The number of nitrogens with two attached hydrogens (primary N) is 1. The van der Waals surface area contributed by atoms with Crippen molar-refractivity contribution in [2.75, 3.05) is 18.8 Å². The fourth-order valence-electron chi connectivity index (χ4n) is 2.21. The Morgan fingerprint density at radius 3 is 2.83 bits per heavy atom. The lowest BCUT2D eigenvalue weighted by molar-refractivity contribution is -0.148. The molecule has 1 aliphatic heterocycles. The van der Waals surface area contributed by atoms with E-state index in [1.807, 2.05) is 6.92 Å². The number of carboxylic acids is 1. The molecule has 0 aliphatic carbocycles. The van der Waals surface area contributed by atoms with Gasteiger partial charge in [-0.3, -0.25) is 9.59 Å². The van der Waals surface area contributed by atoms with Gasteiger partial charge in [-0.25, -0.2) is 4.98 Å². The molecule has 2 rings (SSSR count). The Labute approximate surface area is 108 Å². The predicted octanol–water partition coefficient (Wildman–Crippen LogP) is 1.05. The lowest BCUT2D eigenvalue weighted by Crippen LogP contribution is -2.36. The van der Waals surface area contributed by atoms with Crippen LogP contribution >= 0.6 is 11.3 Å². The third-order valence-corrected chi connectivity index (χ3v) is 4.19. The molecule has 0 spiro atoms. The molecule has 1 unspecified atom stereocenters. The number of carboxylic acid groups (broad SMARTS) is 1. The van der Waals surface area contributed by atoms with E-state index in [-0.39, 0.29) is 12.5 Å². The highest BCUT2D eigenvalue weighted by atomic mass is 32.1. The van der Waals surface area contributed by atoms with Gasteiger partial charge in [-0.2, -0.15) is 0 Å². The van der Waals surface area contributed by atoms with Gasteiger partial charge in [-0.05, 0) is 12.8 Å². The fraction of sp³-hybridized carbons (Fsp3) is 0.545. The van der Waals surface area contributed by atoms with Crippen LogP contribution in [-0.2, 0) is 4.79 Å². The second-order valence-corrected chi connectivity index (χ2v) is 5.38. The van der Waals surface area contributed by atoms with Gasteiger partial charge < -0.3 is 15.7 Å². The summed E-state index contributed by atoms with van der Waals surface area (Å²) >= 11 is 1.21. The van der Waals surface area contributed by atoms with Crippen molar-refractivity contribution in [3.63, 3.8) is 0 Å². The second-order valence-electron chi connectivity index (χ2n) is 4.49. The molecule has 1 atom stereocenters. The lowest BCUT2D eigenvalue weighted by Gasteiger charge is -2.22. The van der Waals surface area contributed by atoms with Crippen LogP contribution in [-0.4, -0.2) is 40.0 Å². The summed E-state index contributed by atoms with van der Waals surface area (Å²) in [4.78, 5) is 28.9. The molecule has 1 amide bonds. The van der Waals surface area contributed by atoms with Crippen molar-refractivity contribution in [1.29, 1.82) is 0 Å². The number of nitrogen functional groups attached to an aromatic ring is 1. The van der Waals surface area contributed by atoms with Gasteiger partial charge in [-0.15, -0.1) is 11.3 Å². The monoisotopic (exact) mass is 269 g/mol. The number of amides is 1. The number of carbonyl (C=O) groups excluding carboxylic acids is 1. The molecule has 98 valence electrons. The van der Waals surface area contributed by atoms with Gasteiger partial charge >= 0.3 is 5.97 Å². The molecule has 18 heavy (non-hydrogen) atoms. The van der Waals surface area contributed by atoms with Crippen LogP contribution in [0.5, 0.6) is 0 Å². The van der Waals surface area contributed by atoms with Crippen LogP contribution in [0.3, 0.4) is 0 Å². The lowest BCUT2D eigenvalue weighted by atomic mass is 9.84. The van der Waals surface area contributed by atoms with Crippen molar-refractivity contribution in [3.8, 4) is 0 Å². The third kappa shape index (κ3) is 2.05. The molecule has 6 nitrogen and oxygen atoms in total. The van der Waals surface area contributed by atoms with E-state index in [4.69, 9.17) is 5.73 Å². The Kier molecular flexibility index (Phi) is 3.25. The molecule has 1 saturated heterocycles. The summed E-state index contributed by atoms with van der Waals surface area (Å²) in [6.07, 6.45) is 1.01. The molecule has 7 heteroatoms. The van der Waals surface area contributed by atoms with Gasteiger partial charge in [0, 0.05) is 18.5 Å². The molecule has 3 N–H and O–H groups in total. The molecule has 1 fully saturated rings. The Morgan fingerprint density at radius 1 is 1.67 bits per heavy atom. The van der Waals surface area contributed by atoms with E-state index in [2.05, 4.69) is 4.98 Å². The number of anilines is 1. The van der Waals surface area contributed by atoms with Crippen LogP contribution in [0, 0.1) is 5.41 Å². The fourth-order valence-corrected chi connectivity index (χ4v) is 2.74. The van der Waals surface area contributed by atoms with Gasteiger partial charge in [0.05, 0.1) is 5.41 Å². The Bertz CT molecular complexity index is 488. The number of carbonyl (C=O) groups is 2. The Hall–Kier alpha value is -1.63. The zero-order chi connectivity index (χ0) is 13.3. The van der Waals surface area contributed by atoms with E-state index in [9.17, 15) is 14.7 Å². The SMILES string of the molecule is CCC1(C(=O)O)CCN(C(=O)c2csc(N)n2)C1. The van der Waals surface area contributed by atoms with E-state index in [0.29, 0.717) is 30.2 Å². The number of aliphatic carboxylic acids is 1. The maximum atomic E-state index is 12.1. The van der Waals surface area contributed by atoms with Crippen molar-refractivity contribution in [2.45, 2.75) is 19.8 Å². The molecule has 0 saturated carbocycles. The first-order chi connectivity index (χ1) is 8.48. The largest absolute Gasteiger partial charge is 0.481 e. The minimum absolute atomic E-state index is 0.237. The summed E-state index contributed by atoms with van der Waals surface area (Å²) < 4.78 is 0.